The fourth-order valence-corrected chi connectivity index (χ4v) is 3.80. The van der Waals surface area contributed by atoms with Gasteiger partial charge in [-0.3, -0.25) is 14.5 Å². The van der Waals surface area contributed by atoms with Gasteiger partial charge in [0, 0.05) is 5.02 Å². The van der Waals surface area contributed by atoms with Gasteiger partial charge in [-0.1, -0.05) is 37.6 Å². The zero-order valence-electron chi connectivity index (χ0n) is 13.9. The van der Waals surface area contributed by atoms with Crippen LogP contribution in [0, 0.1) is 0 Å². The molecule has 0 saturated heterocycles. The molecule has 25 heavy (non-hydrogen) atoms. The first kappa shape index (κ1) is 19.2. The number of benzene rings is 2. The largest absolute Gasteiger partial charge is 0.293 e. The number of amides is 1. The lowest BCUT2D eigenvalue weighted by Gasteiger charge is -2.24. The van der Waals surface area contributed by atoms with E-state index >= 15 is 0 Å². The van der Waals surface area contributed by atoms with Crippen molar-refractivity contribution in [3.63, 3.8) is 0 Å². The number of rotatable bonds is 6. The number of nitrogens with one attached hydrogen (secondary N) is 1. The van der Waals surface area contributed by atoms with Crippen LogP contribution in [0.15, 0.2) is 53.4 Å². The molecular weight excluding hydrogens is 362 g/mol. The lowest BCUT2D eigenvalue weighted by Crippen LogP contribution is -2.43. The maximum atomic E-state index is 13.0. The number of sulfonamides is 1. The molecule has 2 rings (SSSR count). The third-order valence-electron chi connectivity index (χ3n) is 3.70. The molecule has 0 aliphatic heterocycles. The number of nitrogens with zero attached hydrogens (tertiary/aromatic N) is 1. The van der Waals surface area contributed by atoms with Crippen molar-refractivity contribution in [1.82, 2.24) is 5.43 Å². The fraction of sp³-hybridized carbons (Fsp3) is 0.235. The number of carbonyl (C=O) groups is 1. The predicted octanol–water partition coefficient (Wildman–Crippen LogP) is 2.65. The molecule has 0 bridgehead atoms. The molecule has 2 aromatic carbocycles. The Bertz CT molecular complexity index is 834. The van der Waals surface area contributed by atoms with E-state index in [1.165, 1.54) is 24.3 Å². The van der Waals surface area contributed by atoms with Crippen LogP contribution in [0.1, 0.15) is 25.3 Å². The Morgan fingerprint density at radius 1 is 1.12 bits per heavy atom. The van der Waals surface area contributed by atoms with Crippen LogP contribution in [0.2, 0.25) is 5.02 Å². The summed E-state index contributed by atoms with van der Waals surface area (Å²) in [4.78, 5) is 11.8. The highest BCUT2D eigenvalue weighted by Gasteiger charge is 2.27. The van der Waals surface area contributed by atoms with Crippen LogP contribution in [0.5, 0.6) is 0 Å². The van der Waals surface area contributed by atoms with Gasteiger partial charge in [-0.25, -0.2) is 14.3 Å². The fourth-order valence-electron chi connectivity index (χ4n) is 2.25. The Morgan fingerprint density at radius 3 is 2.16 bits per heavy atom. The number of hydrogen-bond donors (Lipinski definition) is 2. The van der Waals surface area contributed by atoms with Crippen molar-refractivity contribution in [1.29, 1.82) is 0 Å². The zero-order chi connectivity index (χ0) is 18.6. The zero-order valence-corrected chi connectivity index (χ0v) is 15.5. The number of hydrogen-bond acceptors (Lipinski definition) is 4. The van der Waals surface area contributed by atoms with E-state index in [4.69, 9.17) is 17.4 Å². The molecule has 3 N–H and O–H groups in total. The van der Waals surface area contributed by atoms with Gasteiger partial charge in [0.15, 0.2) is 0 Å². The second kappa shape index (κ2) is 7.86. The Labute approximate surface area is 152 Å². The summed E-state index contributed by atoms with van der Waals surface area (Å²) in [5.41, 5.74) is 3.40. The number of halogens is 1. The van der Waals surface area contributed by atoms with Crippen LogP contribution in [-0.4, -0.2) is 20.9 Å². The Kier molecular flexibility index (Phi) is 6.05. The van der Waals surface area contributed by atoms with Crippen LogP contribution in [-0.2, 0) is 14.8 Å². The van der Waals surface area contributed by atoms with Crippen LogP contribution < -0.4 is 15.6 Å². The van der Waals surface area contributed by atoms with E-state index in [1.54, 1.807) is 12.1 Å². The van der Waals surface area contributed by atoms with Gasteiger partial charge in [-0.05, 0) is 47.9 Å². The highest BCUT2D eigenvalue weighted by atomic mass is 35.5. The quantitative estimate of drug-likeness (QED) is 0.457. The standard InChI is InChI=1S/C17H20ClN3O3S/c1-12(2)13-3-7-15(8-4-13)21(11-17(22)20-19)25(23,24)16-9-5-14(18)6-10-16/h3-10,12H,11,19H2,1-2H3,(H,20,22). The molecule has 0 aromatic heterocycles. The van der Waals surface area contributed by atoms with E-state index in [2.05, 4.69) is 0 Å². The first-order valence-electron chi connectivity index (χ1n) is 7.63. The summed E-state index contributed by atoms with van der Waals surface area (Å²) in [5.74, 6) is 4.81. The minimum atomic E-state index is -3.95. The maximum absolute atomic E-state index is 13.0. The van der Waals surface area contributed by atoms with Crippen LogP contribution in [0.4, 0.5) is 5.69 Å². The monoisotopic (exact) mass is 381 g/mol. The average Bonchev–Trinajstić information content (AvgIpc) is 2.59. The van der Waals surface area contributed by atoms with Crippen molar-refractivity contribution in [2.75, 3.05) is 10.8 Å². The van der Waals surface area contributed by atoms with Gasteiger partial charge < -0.3 is 0 Å². The van der Waals surface area contributed by atoms with E-state index in [9.17, 15) is 13.2 Å². The molecule has 0 saturated carbocycles. The first-order valence-corrected chi connectivity index (χ1v) is 9.45. The minimum absolute atomic E-state index is 0.0367. The van der Waals surface area contributed by atoms with Gasteiger partial charge in [0.2, 0.25) is 0 Å². The van der Waals surface area contributed by atoms with E-state index in [0.717, 1.165) is 9.87 Å². The van der Waals surface area contributed by atoms with Gasteiger partial charge in [-0.15, -0.1) is 0 Å². The van der Waals surface area contributed by atoms with Gasteiger partial charge in [0.25, 0.3) is 15.9 Å². The van der Waals surface area contributed by atoms with Gasteiger partial charge in [0.1, 0.15) is 6.54 Å². The van der Waals surface area contributed by atoms with E-state index < -0.39 is 22.5 Å². The van der Waals surface area contributed by atoms with Crippen molar-refractivity contribution in [3.05, 3.63) is 59.1 Å². The molecule has 0 unspecified atom stereocenters. The summed E-state index contributed by atoms with van der Waals surface area (Å²) in [7, 11) is -3.95. The van der Waals surface area contributed by atoms with E-state index in [1.807, 2.05) is 31.4 Å². The normalized spacial score (nSPS) is 11.4. The SMILES string of the molecule is CC(C)c1ccc(N(CC(=O)NN)S(=O)(=O)c2ccc(Cl)cc2)cc1. The third kappa shape index (κ3) is 4.50. The molecule has 0 aliphatic carbocycles. The molecule has 0 heterocycles. The second-order valence-electron chi connectivity index (χ2n) is 5.78. The third-order valence-corrected chi connectivity index (χ3v) is 5.74. The topological polar surface area (TPSA) is 92.5 Å². The molecule has 1 amide bonds. The van der Waals surface area contributed by atoms with Gasteiger partial charge in [0.05, 0.1) is 10.6 Å². The molecule has 2 aromatic rings. The molecule has 8 heteroatoms. The summed E-state index contributed by atoms with van der Waals surface area (Å²) in [6.45, 7) is 3.65. The van der Waals surface area contributed by atoms with Crippen LogP contribution >= 0.6 is 11.6 Å². The summed E-state index contributed by atoms with van der Waals surface area (Å²) in [6.07, 6.45) is 0. The van der Waals surface area contributed by atoms with Crippen molar-refractivity contribution < 1.29 is 13.2 Å². The number of hydrazine groups is 1. The molecule has 0 spiro atoms. The molecule has 0 aliphatic rings. The van der Waals surface area contributed by atoms with Crippen LogP contribution in [0.3, 0.4) is 0 Å². The van der Waals surface area contributed by atoms with Crippen molar-refractivity contribution in [2.24, 2.45) is 5.84 Å². The summed E-state index contributed by atoms with van der Waals surface area (Å²) in [5, 5.41) is 0.423. The van der Waals surface area contributed by atoms with Gasteiger partial charge >= 0.3 is 0 Å². The highest BCUT2D eigenvalue weighted by Crippen LogP contribution is 2.26. The molecule has 6 nitrogen and oxygen atoms in total. The Balaban J connectivity index is 2.48. The smallest absolute Gasteiger partial charge is 0.264 e. The Morgan fingerprint density at radius 2 is 1.68 bits per heavy atom. The molecular formula is C17H20ClN3O3S. The number of nitrogens with two attached hydrogens (primary N) is 1. The second-order valence-corrected chi connectivity index (χ2v) is 8.08. The van der Waals surface area contributed by atoms with Crippen molar-refractivity contribution >= 4 is 33.2 Å². The summed E-state index contributed by atoms with van der Waals surface area (Å²) >= 11 is 5.82. The van der Waals surface area contributed by atoms with Gasteiger partial charge in [-0.2, -0.15) is 0 Å². The number of carbonyl (C=O) groups excluding carboxylic acids is 1. The van der Waals surface area contributed by atoms with Crippen LogP contribution in [0.25, 0.3) is 0 Å². The molecule has 0 radical (unpaired) electrons. The first-order chi connectivity index (χ1) is 11.8. The minimum Gasteiger partial charge on any atom is -0.293 e. The summed E-state index contributed by atoms with van der Waals surface area (Å²) < 4.78 is 27.0. The molecule has 0 atom stereocenters. The Hall–Kier alpha value is -2.09. The lowest BCUT2D eigenvalue weighted by atomic mass is 10.0. The highest BCUT2D eigenvalue weighted by molar-refractivity contribution is 7.92. The number of anilines is 1. The molecule has 134 valence electrons. The van der Waals surface area contributed by atoms with E-state index in [-0.39, 0.29) is 4.90 Å². The average molecular weight is 382 g/mol. The summed E-state index contributed by atoms with van der Waals surface area (Å²) in [6, 6.07) is 12.8. The molecule has 0 fully saturated rings. The van der Waals surface area contributed by atoms with Crippen molar-refractivity contribution in [3.8, 4) is 0 Å². The van der Waals surface area contributed by atoms with E-state index in [0.29, 0.717) is 16.6 Å². The van der Waals surface area contributed by atoms with Crippen molar-refractivity contribution in [2.45, 2.75) is 24.7 Å². The lowest BCUT2D eigenvalue weighted by molar-refractivity contribution is -0.119. The maximum Gasteiger partial charge on any atom is 0.264 e. The predicted molar refractivity (Wildman–Crippen MR) is 98.8 cm³/mol.